The number of aromatic nitrogens is 2. The molecule has 0 spiro atoms. The van der Waals surface area contributed by atoms with E-state index in [0.29, 0.717) is 16.8 Å². The van der Waals surface area contributed by atoms with Crippen LogP contribution in [0.15, 0.2) is 46.0 Å². The Hall–Kier alpha value is -2.38. The summed E-state index contributed by atoms with van der Waals surface area (Å²) in [4.78, 5) is 12.0. The number of carbonyl (C=O) groups excluding carboxylic acids is 1. The second kappa shape index (κ2) is 7.88. The molecule has 1 amide bonds. The first-order valence-electron chi connectivity index (χ1n) is 7.70. The Bertz CT molecular complexity index is 941. The fourth-order valence-electron chi connectivity index (χ4n) is 2.39. The van der Waals surface area contributed by atoms with Gasteiger partial charge in [-0.05, 0) is 44.2 Å². The van der Waals surface area contributed by atoms with Crippen LogP contribution in [0.3, 0.4) is 0 Å². The van der Waals surface area contributed by atoms with Crippen molar-refractivity contribution >= 4 is 35.0 Å². The fraction of sp³-hybridized carbons (Fsp3) is 0.167. The number of benzene rings is 2. The van der Waals surface area contributed by atoms with Crippen molar-refractivity contribution in [2.45, 2.75) is 19.1 Å². The first-order valence-corrected chi connectivity index (χ1v) is 9.07. The lowest BCUT2D eigenvalue weighted by atomic mass is 10.1. The van der Waals surface area contributed by atoms with Gasteiger partial charge in [-0.15, -0.1) is 10.2 Å². The molecule has 3 aromatic rings. The minimum atomic E-state index is -0.466. The standard InChI is InChI=1S/C18H15ClFN3O2S/c1-10-5-11(2)7-12(6-10)17-22-23-18(25-17)26-9-16(24)21-15-4-3-13(20)8-14(15)19/h3-8H,9H2,1-2H3,(H,21,24). The van der Waals surface area contributed by atoms with Crippen molar-refractivity contribution in [3.8, 4) is 11.5 Å². The molecule has 0 aliphatic carbocycles. The summed E-state index contributed by atoms with van der Waals surface area (Å²) >= 11 is 7.00. The average molecular weight is 392 g/mol. The molecule has 0 saturated heterocycles. The molecule has 1 heterocycles. The zero-order valence-corrected chi connectivity index (χ0v) is 15.6. The number of anilines is 1. The van der Waals surface area contributed by atoms with Gasteiger partial charge in [0, 0.05) is 5.56 Å². The van der Waals surface area contributed by atoms with Crippen molar-refractivity contribution in [2.75, 3.05) is 11.1 Å². The third-order valence-electron chi connectivity index (χ3n) is 3.41. The number of nitrogens with zero attached hydrogens (tertiary/aromatic N) is 2. The van der Waals surface area contributed by atoms with Gasteiger partial charge >= 0.3 is 0 Å². The summed E-state index contributed by atoms with van der Waals surface area (Å²) in [7, 11) is 0. The quantitative estimate of drug-likeness (QED) is 0.628. The maximum atomic E-state index is 13.0. The first kappa shape index (κ1) is 18.4. The molecular weight excluding hydrogens is 377 g/mol. The van der Waals surface area contributed by atoms with Crippen LogP contribution >= 0.6 is 23.4 Å². The SMILES string of the molecule is Cc1cc(C)cc(-c2nnc(SCC(=O)Nc3ccc(F)cc3Cl)o2)c1. The molecule has 0 aliphatic rings. The van der Waals surface area contributed by atoms with Crippen LogP contribution < -0.4 is 5.32 Å². The van der Waals surface area contributed by atoms with E-state index < -0.39 is 5.82 Å². The third kappa shape index (κ3) is 4.62. The summed E-state index contributed by atoms with van der Waals surface area (Å²) in [6.07, 6.45) is 0. The summed E-state index contributed by atoms with van der Waals surface area (Å²) in [6.45, 7) is 3.99. The molecule has 2 aromatic carbocycles. The van der Waals surface area contributed by atoms with E-state index in [1.807, 2.05) is 26.0 Å². The maximum Gasteiger partial charge on any atom is 0.277 e. The highest BCUT2D eigenvalue weighted by molar-refractivity contribution is 7.99. The van der Waals surface area contributed by atoms with E-state index in [1.165, 1.54) is 12.1 Å². The third-order valence-corrected chi connectivity index (χ3v) is 4.54. The van der Waals surface area contributed by atoms with Crippen LogP contribution in [0.5, 0.6) is 0 Å². The molecule has 0 unspecified atom stereocenters. The second-order valence-corrected chi connectivity index (χ2v) is 7.04. The van der Waals surface area contributed by atoms with E-state index in [-0.39, 0.29) is 16.7 Å². The molecule has 0 atom stereocenters. The second-order valence-electron chi connectivity index (χ2n) is 5.71. The highest BCUT2D eigenvalue weighted by atomic mass is 35.5. The van der Waals surface area contributed by atoms with Gasteiger partial charge in [0.2, 0.25) is 11.8 Å². The molecular formula is C18H15ClFN3O2S. The number of amides is 1. The minimum Gasteiger partial charge on any atom is -0.411 e. The molecule has 1 N–H and O–H groups in total. The van der Waals surface area contributed by atoms with Crippen LogP contribution in [0.25, 0.3) is 11.5 Å². The Balaban J connectivity index is 1.61. The Morgan fingerprint density at radius 2 is 1.92 bits per heavy atom. The molecule has 134 valence electrons. The van der Waals surface area contributed by atoms with Crippen LogP contribution in [0.2, 0.25) is 5.02 Å². The summed E-state index contributed by atoms with van der Waals surface area (Å²) in [6, 6.07) is 9.74. The molecule has 0 bridgehead atoms. The minimum absolute atomic E-state index is 0.0577. The van der Waals surface area contributed by atoms with E-state index in [1.54, 1.807) is 0 Å². The molecule has 3 rings (SSSR count). The van der Waals surface area contributed by atoms with Gasteiger partial charge in [0.1, 0.15) is 5.82 Å². The number of hydrogen-bond donors (Lipinski definition) is 1. The van der Waals surface area contributed by atoms with Crippen LogP contribution in [-0.2, 0) is 4.79 Å². The average Bonchev–Trinajstić information content (AvgIpc) is 3.04. The van der Waals surface area contributed by atoms with Crippen molar-refractivity contribution < 1.29 is 13.6 Å². The highest BCUT2D eigenvalue weighted by Gasteiger charge is 2.13. The van der Waals surface area contributed by atoms with E-state index in [0.717, 1.165) is 34.5 Å². The van der Waals surface area contributed by atoms with Crippen molar-refractivity contribution in [3.05, 3.63) is 58.4 Å². The highest BCUT2D eigenvalue weighted by Crippen LogP contribution is 2.26. The number of hydrogen-bond acceptors (Lipinski definition) is 5. The van der Waals surface area contributed by atoms with Gasteiger partial charge in [0.05, 0.1) is 16.5 Å². The van der Waals surface area contributed by atoms with Crippen LogP contribution in [0.1, 0.15) is 11.1 Å². The van der Waals surface area contributed by atoms with Crippen LogP contribution in [-0.4, -0.2) is 21.9 Å². The summed E-state index contributed by atoms with van der Waals surface area (Å²) in [5.74, 6) is -0.314. The van der Waals surface area contributed by atoms with Crippen LogP contribution in [0.4, 0.5) is 10.1 Å². The number of aryl methyl sites for hydroxylation is 2. The smallest absolute Gasteiger partial charge is 0.277 e. The monoisotopic (exact) mass is 391 g/mol. The fourth-order valence-corrected chi connectivity index (χ4v) is 3.16. The van der Waals surface area contributed by atoms with Crippen LogP contribution in [0, 0.1) is 19.7 Å². The molecule has 0 saturated carbocycles. The number of nitrogens with one attached hydrogen (secondary N) is 1. The lowest BCUT2D eigenvalue weighted by molar-refractivity contribution is -0.113. The van der Waals surface area contributed by atoms with Gasteiger partial charge in [0.25, 0.3) is 5.22 Å². The predicted molar refractivity (Wildman–Crippen MR) is 100.0 cm³/mol. The molecule has 0 radical (unpaired) electrons. The molecule has 1 aromatic heterocycles. The van der Waals surface area contributed by atoms with Crippen molar-refractivity contribution in [1.82, 2.24) is 10.2 Å². The Kier molecular flexibility index (Phi) is 5.58. The first-order chi connectivity index (χ1) is 12.4. The molecule has 0 aliphatic heterocycles. The zero-order chi connectivity index (χ0) is 18.7. The number of rotatable bonds is 5. The largest absolute Gasteiger partial charge is 0.411 e. The number of carbonyl (C=O) groups is 1. The molecule has 26 heavy (non-hydrogen) atoms. The lowest BCUT2D eigenvalue weighted by Gasteiger charge is -2.06. The molecule has 5 nitrogen and oxygen atoms in total. The molecule has 0 fully saturated rings. The van der Waals surface area contributed by atoms with Crippen molar-refractivity contribution in [3.63, 3.8) is 0 Å². The van der Waals surface area contributed by atoms with E-state index in [2.05, 4.69) is 21.6 Å². The Morgan fingerprint density at radius 3 is 2.62 bits per heavy atom. The van der Waals surface area contributed by atoms with E-state index >= 15 is 0 Å². The topological polar surface area (TPSA) is 68.0 Å². The van der Waals surface area contributed by atoms with Gasteiger partial charge in [0.15, 0.2) is 0 Å². The summed E-state index contributed by atoms with van der Waals surface area (Å²) in [5, 5.41) is 11.0. The van der Waals surface area contributed by atoms with Gasteiger partial charge < -0.3 is 9.73 Å². The predicted octanol–water partition coefficient (Wildman–Crippen LogP) is 4.88. The van der Waals surface area contributed by atoms with Gasteiger partial charge in [-0.2, -0.15) is 0 Å². The number of thioether (sulfide) groups is 1. The van der Waals surface area contributed by atoms with Crippen molar-refractivity contribution in [1.29, 1.82) is 0 Å². The van der Waals surface area contributed by atoms with Gasteiger partial charge in [-0.3, -0.25) is 4.79 Å². The number of halogens is 2. The van der Waals surface area contributed by atoms with Gasteiger partial charge in [-0.1, -0.05) is 40.6 Å². The Morgan fingerprint density at radius 1 is 1.19 bits per heavy atom. The van der Waals surface area contributed by atoms with E-state index in [4.69, 9.17) is 16.0 Å². The maximum absolute atomic E-state index is 13.0. The summed E-state index contributed by atoms with van der Waals surface area (Å²) < 4.78 is 18.6. The lowest BCUT2D eigenvalue weighted by Crippen LogP contribution is -2.14. The van der Waals surface area contributed by atoms with Crippen molar-refractivity contribution in [2.24, 2.45) is 0 Å². The van der Waals surface area contributed by atoms with E-state index in [9.17, 15) is 9.18 Å². The van der Waals surface area contributed by atoms with Gasteiger partial charge in [-0.25, -0.2) is 4.39 Å². The normalized spacial score (nSPS) is 10.8. The summed E-state index contributed by atoms with van der Waals surface area (Å²) in [5.41, 5.74) is 3.38. The molecule has 8 heteroatoms. The zero-order valence-electron chi connectivity index (χ0n) is 14.0. The Labute approximate surface area is 159 Å².